The number of amides is 2. The van der Waals surface area contributed by atoms with E-state index in [4.69, 9.17) is 17.3 Å². The number of nitrogens with zero attached hydrogens (tertiary/aromatic N) is 1. The van der Waals surface area contributed by atoms with Gasteiger partial charge in [-0.1, -0.05) is 0 Å². The van der Waals surface area contributed by atoms with E-state index in [1.165, 1.54) is 4.90 Å². The van der Waals surface area contributed by atoms with Crippen LogP contribution in [0, 0.1) is 5.92 Å². The zero-order chi connectivity index (χ0) is 12.3. The Hall–Kier alpha value is -1.57. The maximum absolute atomic E-state index is 11.5. The molecule has 1 rings (SSSR count). The Balaban J connectivity index is 2.35. The summed E-state index contributed by atoms with van der Waals surface area (Å²) < 4.78 is 0. The van der Waals surface area contributed by atoms with Crippen LogP contribution in [0.3, 0.4) is 0 Å². The predicted molar refractivity (Wildman–Crippen MR) is 60.6 cm³/mol. The second kappa shape index (κ2) is 4.97. The molecule has 0 aromatic rings. The topological polar surface area (TPSA) is 93.7 Å². The van der Waals surface area contributed by atoms with E-state index < -0.39 is 6.09 Å². The molecule has 4 N–H and O–H groups in total. The first-order valence-corrected chi connectivity index (χ1v) is 5.15. The lowest BCUT2D eigenvalue weighted by molar-refractivity contribution is -0.133. The summed E-state index contributed by atoms with van der Waals surface area (Å²) in [5, 5.41) is 11.6. The molecule has 7 nitrogen and oxygen atoms in total. The van der Waals surface area contributed by atoms with Gasteiger partial charge < -0.3 is 15.3 Å². The van der Waals surface area contributed by atoms with E-state index in [1.54, 1.807) is 14.0 Å². The van der Waals surface area contributed by atoms with Crippen LogP contribution < -0.4 is 16.2 Å². The fourth-order valence-electron chi connectivity index (χ4n) is 1.44. The molecule has 1 saturated heterocycles. The molecule has 0 radical (unpaired) electrons. The molecular weight excluding hydrogens is 232 g/mol. The van der Waals surface area contributed by atoms with E-state index in [2.05, 4.69) is 16.2 Å². The van der Waals surface area contributed by atoms with Gasteiger partial charge in [0, 0.05) is 19.6 Å². The van der Waals surface area contributed by atoms with Crippen LogP contribution in [0.25, 0.3) is 0 Å². The Kier molecular flexibility index (Phi) is 3.88. The summed E-state index contributed by atoms with van der Waals surface area (Å²) in [4.78, 5) is 23.4. The number of carboxylic acid groups (broad SMARTS) is 1. The van der Waals surface area contributed by atoms with Crippen LogP contribution in [0.5, 0.6) is 0 Å². The lowest BCUT2D eigenvalue weighted by Gasteiger charge is -2.43. The quantitative estimate of drug-likeness (QED) is 0.354. The number of nitrogens with one attached hydrogen (secondary N) is 3. The molecule has 0 bridgehead atoms. The molecule has 1 fully saturated rings. The predicted octanol–water partition coefficient (Wildman–Crippen LogP) is -0.890. The highest BCUT2D eigenvalue weighted by molar-refractivity contribution is 7.80. The smallest absolute Gasteiger partial charge is 0.407 e. The molecule has 0 aromatic heterocycles. The molecule has 0 saturated carbocycles. The van der Waals surface area contributed by atoms with Crippen molar-refractivity contribution in [1.82, 2.24) is 21.1 Å². The van der Waals surface area contributed by atoms with Gasteiger partial charge in [0.2, 0.25) is 5.91 Å². The summed E-state index contributed by atoms with van der Waals surface area (Å²) in [6, 6.07) is -0.303. The number of carbonyl (C=O) groups excluding carboxylic acids is 1. The third-order valence-electron chi connectivity index (χ3n) is 2.58. The van der Waals surface area contributed by atoms with Gasteiger partial charge in [0.1, 0.15) is 0 Å². The average Bonchev–Trinajstić information content (AvgIpc) is 2.23. The number of rotatable bonds is 1. The summed E-state index contributed by atoms with van der Waals surface area (Å²) in [6.45, 7) is 1.91. The van der Waals surface area contributed by atoms with E-state index in [-0.39, 0.29) is 24.4 Å². The fourth-order valence-corrected chi connectivity index (χ4v) is 1.49. The van der Waals surface area contributed by atoms with Gasteiger partial charge in [-0.2, -0.15) is 0 Å². The highest BCUT2D eigenvalue weighted by Gasteiger charge is 2.43. The summed E-state index contributed by atoms with van der Waals surface area (Å²) in [5.41, 5.74) is 4.91. The second-order valence-electron chi connectivity index (χ2n) is 3.48. The van der Waals surface area contributed by atoms with Gasteiger partial charge >= 0.3 is 6.09 Å². The Morgan fingerprint density at radius 2 is 2.06 bits per heavy atom. The van der Waals surface area contributed by atoms with Crippen LogP contribution in [-0.2, 0) is 4.79 Å². The molecule has 16 heavy (non-hydrogen) atoms. The third kappa shape index (κ3) is 2.51. The molecule has 90 valence electrons. The van der Waals surface area contributed by atoms with Crippen molar-refractivity contribution in [2.45, 2.75) is 13.0 Å². The van der Waals surface area contributed by atoms with Crippen molar-refractivity contribution in [3.63, 3.8) is 0 Å². The first-order chi connectivity index (χ1) is 7.47. The molecule has 1 aliphatic heterocycles. The number of hydrazine groups is 1. The van der Waals surface area contributed by atoms with E-state index in [0.29, 0.717) is 5.11 Å². The largest absolute Gasteiger partial charge is 0.465 e. The molecule has 2 amide bonds. The Bertz CT molecular complexity index is 322. The summed E-state index contributed by atoms with van der Waals surface area (Å²) in [6.07, 6.45) is -1.00. The normalized spacial score (nSPS) is 23.0. The summed E-state index contributed by atoms with van der Waals surface area (Å²) in [5.74, 6) is -0.592. The van der Waals surface area contributed by atoms with Crippen molar-refractivity contribution < 1.29 is 14.7 Å². The monoisotopic (exact) mass is 246 g/mol. The average molecular weight is 246 g/mol. The zero-order valence-corrected chi connectivity index (χ0v) is 9.80. The van der Waals surface area contributed by atoms with Gasteiger partial charge in [-0.3, -0.25) is 15.6 Å². The third-order valence-corrected chi connectivity index (χ3v) is 2.88. The second-order valence-corrected chi connectivity index (χ2v) is 3.88. The van der Waals surface area contributed by atoms with Gasteiger partial charge in [0.05, 0.1) is 5.92 Å². The number of hydrogen-bond acceptors (Lipinski definition) is 3. The van der Waals surface area contributed by atoms with Gasteiger partial charge in [-0.25, -0.2) is 4.79 Å². The molecule has 1 aliphatic rings. The van der Waals surface area contributed by atoms with E-state index in [1.807, 2.05) is 0 Å². The first-order valence-electron chi connectivity index (χ1n) is 4.74. The number of thiocarbonyl (C=S) groups is 1. The molecule has 8 heteroatoms. The fraction of sp³-hybridized carbons (Fsp3) is 0.625. The first kappa shape index (κ1) is 12.5. The number of carbonyl (C=O) groups is 2. The van der Waals surface area contributed by atoms with Crippen molar-refractivity contribution in [1.29, 1.82) is 0 Å². The summed E-state index contributed by atoms with van der Waals surface area (Å²) >= 11 is 4.77. The van der Waals surface area contributed by atoms with Crippen molar-refractivity contribution in [2.75, 3.05) is 13.6 Å². The van der Waals surface area contributed by atoms with Gasteiger partial charge in [0.25, 0.3) is 0 Å². The number of likely N-dealkylation sites (tertiary alicyclic amines) is 1. The molecule has 0 aromatic carbocycles. The van der Waals surface area contributed by atoms with Gasteiger partial charge in [-0.15, -0.1) is 0 Å². The molecule has 2 atom stereocenters. The van der Waals surface area contributed by atoms with E-state index in [0.717, 1.165) is 0 Å². The van der Waals surface area contributed by atoms with Crippen molar-refractivity contribution in [2.24, 2.45) is 5.92 Å². The minimum absolute atomic E-state index is 0.219. The lowest BCUT2D eigenvalue weighted by Crippen LogP contribution is -2.63. The molecule has 1 heterocycles. The minimum atomic E-state index is -1.00. The van der Waals surface area contributed by atoms with Crippen molar-refractivity contribution >= 4 is 29.3 Å². The maximum Gasteiger partial charge on any atom is 0.407 e. The highest BCUT2D eigenvalue weighted by atomic mass is 32.1. The van der Waals surface area contributed by atoms with Crippen LogP contribution in [-0.4, -0.2) is 46.8 Å². The van der Waals surface area contributed by atoms with Crippen LogP contribution in [0.2, 0.25) is 0 Å². The Morgan fingerprint density at radius 3 is 2.50 bits per heavy atom. The maximum atomic E-state index is 11.5. The van der Waals surface area contributed by atoms with E-state index >= 15 is 0 Å². The SMILES string of the molecule is CNC(=S)NNC(=O)C1CN(C(=O)O)C1C. The molecular formula is C8H14N4O3S. The van der Waals surface area contributed by atoms with E-state index in [9.17, 15) is 9.59 Å². The number of hydrogen-bond donors (Lipinski definition) is 4. The van der Waals surface area contributed by atoms with Crippen LogP contribution in [0.4, 0.5) is 4.79 Å². The lowest BCUT2D eigenvalue weighted by atomic mass is 9.90. The molecule has 0 aliphatic carbocycles. The van der Waals surface area contributed by atoms with Crippen LogP contribution in [0.1, 0.15) is 6.92 Å². The summed E-state index contributed by atoms with van der Waals surface area (Å²) in [7, 11) is 1.62. The van der Waals surface area contributed by atoms with Crippen LogP contribution in [0.15, 0.2) is 0 Å². The minimum Gasteiger partial charge on any atom is -0.465 e. The molecule has 0 spiro atoms. The Labute approximate surface area is 98.1 Å². The zero-order valence-electron chi connectivity index (χ0n) is 8.98. The molecule has 2 unspecified atom stereocenters. The van der Waals surface area contributed by atoms with Crippen molar-refractivity contribution in [3.8, 4) is 0 Å². The standard InChI is InChI=1S/C8H14N4O3S/c1-4-5(3-12(4)8(14)15)6(13)10-11-7(16)9-2/h4-5H,3H2,1-2H3,(H,10,13)(H,14,15)(H2,9,11,16). The van der Waals surface area contributed by atoms with Crippen molar-refractivity contribution in [3.05, 3.63) is 0 Å². The van der Waals surface area contributed by atoms with Gasteiger partial charge in [0.15, 0.2) is 5.11 Å². The highest BCUT2D eigenvalue weighted by Crippen LogP contribution is 2.24. The van der Waals surface area contributed by atoms with Gasteiger partial charge in [-0.05, 0) is 19.1 Å². The van der Waals surface area contributed by atoms with Crippen LogP contribution >= 0.6 is 12.2 Å². The Morgan fingerprint density at radius 1 is 1.44 bits per heavy atom.